The monoisotopic (exact) mass is 343 g/mol. The predicted octanol–water partition coefficient (Wildman–Crippen LogP) is 2.91. The largest absolute Gasteiger partial charge is 0.314 e. The normalized spacial score (nSPS) is 27.0. The lowest BCUT2D eigenvalue weighted by Crippen LogP contribution is -3.17. The molecule has 1 N–H and O–H groups in total. The van der Waals surface area contributed by atoms with Crippen molar-refractivity contribution < 1.29 is 4.90 Å². The Morgan fingerprint density at radius 1 is 1.12 bits per heavy atom. The first-order valence-electron chi connectivity index (χ1n) is 9.30. The lowest BCUT2D eigenvalue weighted by Gasteiger charge is -2.40. The van der Waals surface area contributed by atoms with Gasteiger partial charge in [0.05, 0.1) is 12.6 Å². The van der Waals surface area contributed by atoms with Crippen LogP contribution in [0.2, 0.25) is 0 Å². The Morgan fingerprint density at radius 3 is 2.71 bits per heavy atom. The summed E-state index contributed by atoms with van der Waals surface area (Å²) in [5, 5.41) is 4.77. The fourth-order valence-electron chi connectivity index (χ4n) is 4.75. The standard InChI is InChI=1S/C19H26N4S/c1-15-20-22(19(24)23(15)17-10-3-2-4-11-17)14-21-13-7-9-16-8-5-6-12-18(16)21/h2-4,10-11,16,18H,5-9,12-14H2,1H3/p+1/t16-,18+/m1/s1. The molecule has 1 aliphatic heterocycles. The number of hydrogen-bond acceptors (Lipinski definition) is 2. The molecule has 1 aromatic heterocycles. The maximum atomic E-state index is 5.76. The van der Waals surface area contributed by atoms with E-state index in [4.69, 9.17) is 17.3 Å². The Bertz CT molecular complexity index is 746. The van der Waals surface area contributed by atoms with Crippen LogP contribution in [-0.2, 0) is 6.67 Å². The molecule has 0 amide bonds. The molecule has 2 heterocycles. The highest BCUT2D eigenvalue weighted by Gasteiger charge is 2.36. The van der Waals surface area contributed by atoms with Gasteiger partial charge < -0.3 is 4.90 Å². The first kappa shape index (κ1) is 16.0. The van der Waals surface area contributed by atoms with E-state index in [1.807, 2.05) is 13.0 Å². The van der Waals surface area contributed by atoms with E-state index in [1.165, 1.54) is 45.1 Å². The molecule has 24 heavy (non-hydrogen) atoms. The quantitative estimate of drug-likeness (QED) is 0.868. The molecule has 0 radical (unpaired) electrons. The van der Waals surface area contributed by atoms with Crippen LogP contribution in [0, 0.1) is 17.6 Å². The van der Waals surface area contributed by atoms with Gasteiger partial charge in [-0.15, -0.1) is 0 Å². The minimum absolute atomic E-state index is 0.816. The molecule has 1 aliphatic carbocycles. The van der Waals surface area contributed by atoms with Crippen LogP contribution in [0.25, 0.3) is 5.69 Å². The van der Waals surface area contributed by atoms with Crippen LogP contribution in [0.15, 0.2) is 30.3 Å². The van der Waals surface area contributed by atoms with Crippen molar-refractivity contribution in [1.29, 1.82) is 0 Å². The Hall–Kier alpha value is -1.46. The average Bonchev–Trinajstić information content (AvgIpc) is 2.90. The summed E-state index contributed by atoms with van der Waals surface area (Å²) < 4.78 is 4.98. The summed E-state index contributed by atoms with van der Waals surface area (Å²) in [6, 6.07) is 11.1. The van der Waals surface area contributed by atoms with Crippen molar-refractivity contribution in [1.82, 2.24) is 14.3 Å². The number of para-hydroxylation sites is 1. The van der Waals surface area contributed by atoms with Gasteiger partial charge in [0.1, 0.15) is 5.82 Å². The highest BCUT2D eigenvalue weighted by molar-refractivity contribution is 7.71. The molecule has 3 atom stereocenters. The van der Waals surface area contributed by atoms with E-state index in [1.54, 1.807) is 4.90 Å². The van der Waals surface area contributed by atoms with E-state index in [2.05, 4.69) is 33.5 Å². The summed E-state index contributed by atoms with van der Waals surface area (Å²) in [6.07, 6.45) is 8.41. The van der Waals surface area contributed by atoms with Gasteiger partial charge in [-0.3, -0.25) is 4.57 Å². The second kappa shape index (κ2) is 6.81. The fraction of sp³-hybridized carbons (Fsp3) is 0.579. The Balaban J connectivity index is 1.60. The lowest BCUT2D eigenvalue weighted by molar-refractivity contribution is -0.958. The van der Waals surface area contributed by atoms with Crippen molar-refractivity contribution in [2.75, 3.05) is 6.54 Å². The van der Waals surface area contributed by atoms with Crippen LogP contribution in [0.3, 0.4) is 0 Å². The van der Waals surface area contributed by atoms with Gasteiger partial charge >= 0.3 is 0 Å². The minimum Gasteiger partial charge on any atom is -0.314 e. The molecule has 4 rings (SSSR count). The summed E-state index contributed by atoms with van der Waals surface area (Å²) >= 11 is 5.76. The number of quaternary nitrogens is 1. The maximum absolute atomic E-state index is 5.76. The van der Waals surface area contributed by atoms with Gasteiger partial charge in [0, 0.05) is 11.6 Å². The van der Waals surface area contributed by atoms with Gasteiger partial charge in [-0.2, -0.15) is 9.78 Å². The summed E-state index contributed by atoms with van der Waals surface area (Å²) in [5.74, 6) is 1.90. The number of piperidine rings is 1. The Morgan fingerprint density at radius 2 is 1.88 bits per heavy atom. The fourth-order valence-corrected chi connectivity index (χ4v) is 5.09. The van der Waals surface area contributed by atoms with Gasteiger partial charge in [-0.1, -0.05) is 24.6 Å². The molecule has 1 saturated carbocycles. The van der Waals surface area contributed by atoms with Crippen molar-refractivity contribution in [2.24, 2.45) is 5.92 Å². The van der Waals surface area contributed by atoms with Crippen LogP contribution >= 0.6 is 12.2 Å². The molecule has 128 valence electrons. The molecular weight excluding hydrogens is 316 g/mol. The van der Waals surface area contributed by atoms with E-state index in [0.717, 1.165) is 34.9 Å². The van der Waals surface area contributed by atoms with Crippen LogP contribution in [0.1, 0.15) is 44.3 Å². The van der Waals surface area contributed by atoms with Gasteiger partial charge in [-0.25, -0.2) is 0 Å². The number of aromatic nitrogens is 3. The summed E-state index contributed by atoms with van der Waals surface area (Å²) in [6.45, 7) is 4.23. The topological polar surface area (TPSA) is 27.2 Å². The number of fused-ring (bicyclic) bond motifs is 1. The van der Waals surface area contributed by atoms with Crippen molar-refractivity contribution in [2.45, 2.75) is 58.2 Å². The molecule has 1 aromatic carbocycles. The lowest BCUT2D eigenvalue weighted by atomic mass is 9.78. The molecule has 0 bridgehead atoms. The zero-order chi connectivity index (χ0) is 16.5. The summed E-state index contributed by atoms with van der Waals surface area (Å²) in [5.41, 5.74) is 1.11. The number of nitrogens with one attached hydrogen (secondary N) is 1. The Kier molecular flexibility index (Phi) is 4.55. The molecule has 0 spiro atoms. The van der Waals surface area contributed by atoms with E-state index in [9.17, 15) is 0 Å². The van der Waals surface area contributed by atoms with E-state index in [-0.39, 0.29) is 0 Å². The molecule has 2 aromatic rings. The third kappa shape index (κ3) is 2.95. The SMILES string of the molecule is Cc1nn(C[NH+]2CCC[C@H]3CCCC[C@@H]32)c(=S)n1-c1ccccc1. The highest BCUT2D eigenvalue weighted by Crippen LogP contribution is 2.28. The number of aryl methyl sites for hydroxylation is 1. The van der Waals surface area contributed by atoms with Crippen LogP contribution in [0.5, 0.6) is 0 Å². The van der Waals surface area contributed by atoms with Gasteiger partial charge in [0.25, 0.3) is 0 Å². The second-order valence-corrected chi connectivity index (χ2v) is 7.73. The molecule has 4 nitrogen and oxygen atoms in total. The van der Waals surface area contributed by atoms with Gasteiger partial charge in [-0.05, 0) is 63.4 Å². The first-order chi connectivity index (χ1) is 11.7. The first-order valence-corrected chi connectivity index (χ1v) is 9.71. The zero-order valence-corrected chi connectivity index (χ0v) is 15.3. The van der Waals surface area contributed by atoms with Crippen molar-refractivity contribution in [3.05, 3.63) is 40.9 Å². The van der Waals surface area contributed by atoms with Crippen LogP contribution < -0.4 is 4.90 Å². The summed E-state index contributed by atoms with van der Waals surface area (Å²) in [7, 11) is 0. The van der Waals surface area contributed by atoms with Gasteiger partial charge in [0.2, 0.25) is 4.77 Å². The third-order valence-electron chi connectivity index (χ3n) is 5.87. The summed E-state index contributed by atoms with van der Waals surface area (Å²) in [4.78, 5) is 1.69. The van der Waals surface area contributed by atoms with Crippen molar-refractivity contribution >= 4 is 12.2 Å². The van der Waals surface area contributed by atoms with E-state index in [0.29, 0.717) is 0 Å². The zero-order valence-electron chi connectivity index (χ0n) is 14.4. The van der Waals surface area contributed by atoms with E-state index >= 15 is 0 Å². The number of benzene rings is 1. The third-order valence-corrected chi connectivity index (χ3v) is 6.27. The molecule has 1 saturated heterocycles. The van der Waals surface area contributed by atoms with Crippen LogP contribution in [0.4, 0.5) is 0 Å². The van der Waals surface area contributed by atoms with Gasteiger partial charge in [0.15, 0.2) is 6.67 Å². The smallest absolute Gasteiger partial charge is 0.207 e. The molecule has 5 heteroatoms. The van der Waals surface area contributed by atoms with Crippen molar-refractivity contribution in [3.8, 4) is 5.69 Å². The minimum atomic E-state index is 0.816. The predicted molar refractivity (Wildman–Crippen MR) is 97.9 cm³/mol. The molecule has 1 unspecified atom stereocenters. The number of likely N-dealkylation sites (tertiary alicyclic amines) is 1. The molecular formula is C19H27N4S+. The molecule has 2 fully saturated rings. The molecule has 2 aliphatic rings. The van der Waals surface area contributed by atoms with Crippen LogP contribution in [-0.4, -0.2) is 26.9 Å². The second-order valence-electron chi connectivity index (χ2n) is 7.36. The van der Waals surface area contributed by atoms with Crippen molar-refractivity contribution in [3.63, 3.8) is 0 Å². The Labute approximate surface area is 149 Å². The number of nitrogens with zero attached hydrogens (tertiary/aromatic N) is 3. The van der Waals surface area contributed by atoms with E-state index < -0.39 is 0 Å². The number of rotatable bonds is 3. The average molecular weight is 344 g/mol. The maximum Gasteiger partial charge on any atom is 0.207 e. The highest BCUT2D eigenvalue weighted by atomic mass is 32.1. The number of hydrogen-bond donors (Lipinski definition) is 1.